The van der Waals surface area contributed by atoms with Crippen LogP contribution >= 0.6 is 0 Å². The van der Waals surface area contributed by atoms with Gasteiger partial charge in [-0.2, -0.15) is 0 Å². The lowest BCUT2D eigenvalue weighted by molar-refractivity contribution is -0.139. The van der Waals surface area contributed by atoms with Crippen molar-refractivity contribution in [3.8, 4) is 11.5 Å². The zero-order valence-corrected chi connectivity index (χ0v) is 25.4. The van der Waals surface area contributed by atoms with E-state index >= 15 is 0 Å². The van der Waals surface area contributed by atoms with Gasteiger partial charge in [0.15, 0.2) is 0 Å². The molecule has 0 aliphatic heterocycles. The van der Waals surface area contributed by atoms with Gasteiger partial charge in [-0.15, -0.1) is 0 Å². The molecule has 0 fully saturated rings. The SMILES string of the molecule is C=CC(=O)OCCCCOc1ccc(C(=O)OC2=CC=C(OC(=O)c3ccc(OC(=O)NCCOC(=O)C(=C)C)cc3)CC2)cc1. The molecule has 12 nitrogen and oxygen atoms in total. The summed E-state index contributed by atoms with van der Waals surface area (Å²) in [5.41, 5.74) is 0.841. The quantitative estimate of drug-likeness (QED) is 0.110. The number of amides is 1. The van der Waals surface area contributed by atoms with Crippen molar-refractivity contribution < 1.29 is 52.4 Å². The smallest absolute Gasteiger partial charge is 0.412 e. The van der Waals surface area contributed by atoms with E-state index in [4.69, 9.17) is 28.4 Å². The van der Waals surface area contributed by atoms with Crippen LogP contribution in [0.1, 0.15) is 53.3 Å². The number of allylic oxidation sites excluding steroid dienone is 4. The number of hydrogen-bond acceptors (Lipinski definition) is 11. The molecular formula is C34H35NO11. The molecule has 0 saturated carbocycles. The summed E-state index contributed by atoms with van der Waals surface area (Å²) >= 11 is 0. The Kier molecular flexibility index (Phi) is 13.8. The van der Waals surface area contributed by atoms with E-state index in [1.807, 2.05) is 0 Å². The third kappa shape index (κ3) is 12.2. The van der Waals surface area contributed by atoms with Crippen LogP contribution in [0.25, 0.3) is 0 Å². The van der Waals surface area contributed by atoms with Crippen LogP contribution in [0.15, 0.2) is 97.0 Å². The molecule has 12 heteroatoms. The normalized spacial score (nSPS) is 11.9. The van der Waals surface area contributed by atoms with Crippen LogP contribution in [-0.2, 0) is 28.5 Å². The van der Waals surface area contributed by atoms with Gasteiger partial charge in [0.05, 0.1) is 30.9 Å². The van der Waals surface area contributed by atoms with E-state index in [2.05, 4.69) is 18.5 Å². The van der Waals surface area contributed by atoms with E-state index in [0.717, 1.165) is 6.08 Å². The summed E-state index contributed by atoms with van der Waals surface area (Å²) in [5.74, 6) is -0.526. The lowest BCUT2D eigenvalue weighted by Gasteiger charge is -2.15. The Morgan fingerprint density at radius 2 is 1.28 bits per heavy atom. The lowest BCUT2D eigenvalue weighted by atomic mass is 10.1. The predicted octanol–water partition coefficient (Wildman–Crippen LogP) is 5.36. The summed E-state index contributed by atoms with van der Waals surface area (Å²) in [4.78, 5) is 59.4. The molecule has 0 bridgehead atoms. The van der Waals surface area contributed by atoms with Gasteiger partial charge in [-0.05, 0) is 80.4 Å². The van der Waals surface area contributed by atoms with E-state index in [-0.39, 0.29) is 30.0 Å². The predicted molar refractivity (Wildman–Crippen MR) is 165 cm³/mol. The molecule has 1 aliphatic rings. The molecule has 2 aromatic rings. The molecule has 1 aliphatic carbocycles. The van der Waals surface area contributed by atoms with Gasteiger partial charge < -0.3 is 33.7 Å². The molecule has 0 atom stereocenters. The van der Waals surface area contributed by atoms with E-state index in [0.29, 0.717) is 61.7 Å². The Bertz CT molecular complexity index is 1490. The van der Waals surface area contributed by atoms with Crippen molar-refractivity contribution in [2.24, 2.45) is 0 Å². The minimum Gasteiger partial charge on any atom is -0.494 e. The molecule has 0 aromatic heterocycles. The van der Waals surface area contributed by atoms with E-state index in [9.17, 15) is 24.0 Å². The maximum atomic E-state index is 12.6. The van der Waals surface area contributed by atoms with E-state index < -0.39 is 30.0 Å². The molecule has 0 unspecified atom stereocenters. The number of esters is 4. The molecule has 1 N–H and O–H groups in total. The molecule has 3 rings (SSSR count). The molecule has 46 heavy (non-hydrogen) atoms. The van der Waals surface area contributed by atoms with Crippen molar-refractivity contribution in [3.05, 3.63) is 108 Å². The summed E-state index contributed by atoms with van der Waals surface area (Å²) in [5, 5.41) is 2.44. The largest absolute Gasteiger partial charge is 0.494 e. The highest BCUT2D eigenvalue weighted by atomic mass is 16.6. The molecule has 242 valence electrons. The Morgan fingerprint density at radius 3 is 1.80 bits per heavy atom. The third-order valence-corrected chi connectivity index (χ3v) is 6.08. The van der Waals surface area contributed by atoms with Gasteiger partial charge in [0.1, 0.15) is 29.6 Å². The van der Waals surface area contributed by atoms with Gasteiger partial charge in [-0.1, -0.05) is 13.2 Å². The Hall–Kier alpha value is -5.65. The molecular weight excluding hydrogens is 598 g/mol. The zero-order chi connectivity index (χ0) is 33.3. The molecule has 0 spiro atoms. The van der Waals surface area contributed by atoms with Crippen LogP contribution < -0.4 is 14.8 Å². The van der Waals surface area contributed by atoms with Gasteiger partial charge >= 0.3 is 30.0 Å². The Morgan fingerprint density at radius 1 is 0.739 bits per heavy atom. The number of carbonyl (C=O) groups excluding carboxylic acids is 5. The van der Waals surface area contributed by atoms with Gasteiger partial charge in [-0.3, -0.25) is 0 Å². The lowest BCUT2D eigenvalue weighted by Crippen LogP contribution is -2.30. The van der Waals surface area contributed by atoms with Crippen molar-refractivity contribution in [3.63, 3.8) is 0 Å². The van der Waals surface area contributed by atoms with E-state index in [1.165, 1.54) is 31.2 Å². The molecule has 0 heterocycles. The minimum absolute atomic E-state index is 0.0354. The first-order chi connectivity index (χ1) is 22.1. The van der Waals surface area contributed by atoms with Crippen LogP contribution in [0.2, 0.25) is 0 Å². The highest BCUT2D eigenvalue weighted by Crippen LogP contribution is 2.23. The summed E-state index contributed by atoms with van der Waals surface area (Å²) in [6.07, 6.45) is 5.53. The molecule has 2 aromatic carbocycles. The highest BCUT2D eigenvalue weighted by Gasteiger charge is 2.17. The fourth-order valence-corrected chi connectivity index (χ4v) is 3.66. The average molecular weight is 634 g/mol. The third-order valence-electron chi connectivity index (χ3n) is 6.08. The summed E-state index contributed by atoms with van der Waals surface area (Å²) in [6, 6.07) is 12.3. The maximum absolute atomic E-state index is 12.6. The van der Waals surface area contributed by atoms with Crippen LogP contribution in [0.4, 0.5) is 4.79 Å². The van der Waals surface area contributed by atoms with Crippen LogP contribution in [0.5, 0.6) is 11.5 Å². The van der Waals surface area contributed by atoms with Crippen LogP contribution in [0, 0.1) is 0 Å². The molecule has 1 amide bonds. The van der Waals surface area contributed by atoms with Crippen molar-refractivity contribution in [2.45, 2.75) is 32.6 Å². The first-order valence-electron chi connectivity index (χ1n) is 14.4. The van der Waals surface area contributed by atoms with Gasteiger partial charge in [0, 0.05) is 24.5 Å². The number of unbranched alkanes of at least 4 members (excludes halogenated alkanes) is 1. The number of rotatable bonds is 16. The number of hydrogen-bond donors (Lipinski definition) is 1. The molecule has 0 saturated heterocycles. The van der Waals surface area contributed by atoms with E-state index in [1.54, 1.807) is 36.4 Å². The summed E-state index contributed by atoms with van der Waals surface area (Å²) < 4.78 is 31.5. The number of ether oxygens (including phenoxy) is 6. The average Bonchev–Trinajstić information content (AvgIpc) is 3.05. The van der Waals surface area contributed by atoms with Gasteiger partial charge in [0.25, 0.3) is 0 Å². The highest BCUT2D eigenvalue weighted by molar-refractivity contribution is 5.91. The Labute approximate surface area is 266 Å². The van der Waals surface area contributed by atoms with Crippen LogP contribution in [0.3, 0.4) is 0 Å². The van der Waals surface area contributed by atoms with Crippen molar-refractivity contribution in [2.75, 3.05) is 26.4 Å². The second kappa shape index (κ2) is 18.2. The second-order valence-electron chi connectivity index (χ2n) is 9.75. The number of nitrogens with one attached hydrogen (secondary N) is 1. The fraction of sp³-hybridized carbons (Fsp3) is 0.265. The number of benzene rings is 2. The summed E-state index contributed by atoms with van der Waals surface area (Å²) in [6.45, 7) is 9.05. The molecule has 0 radical (unpaired) electrons. The topological polar surface area (TPSA) is 153 Å². The minimum atomic E-state index is -0.752. The monoisotopic (exact) mass is 633 g/mol. The fourth-order valence-electron chi connectivity index (χ4n) is 3.66. The Balaban J connectivity index is 1.38. The summed E-state index contributed by atoms with van der Waals surface area (Å²) in [7, 11) is 0. The van der Waals surface area contributed by atoms with Gasteiger partial charge in [0.2, 0.25) is 0 Å². The maximum Gasteiger partial charge on any atom is 0.412 e. The first kappa shape index (κ1) is 34.8. The van der Waals surface area contributed by atoms with Crippen molar-refractivity contribution in [1.82, 2.24) is 5.32 Å². The van der Waals surface area contributed by atoms with Crippen molar-refractivity contribution in [1.29, 1.82) is 0 Å². The van der Waals surface area contributed by atoms with Crippen LogP contribution in [-0.4, -0.2) is 56.3 Å². The zero-order valence-electron chi connectivity index (χ0n) is 25.4. The standard InChI is InChI=1S/C34H35NO11/c1-4-30(36)42-21-6-5-20-41-26-11-7-24(8-12-26)32(38)44-27-15-17-28(18-16-27)45-33(39)25-9-13-29(14-10-25)46-34(40)35-19-22-43-31(37)23(2)3/h4,7-15,17H,1-2,5-6,16,18-22H2,3H3,(H,35,40). The van der Waals surface area contributed by atoms with Gasteiger partial charge in [-0.25, -0.2) is 24.0 Å². The number of carbonyl (C=O) groups is 5. The first-order valence-corrected chi connectivity index (χ1v) is 14.4. The second-order valence-corrected chi connectivity index (χ2v) is 9.75. The van der Waals surface area contributed by atoms with Crippen molar-refractivity contribution >= 4 is 30.0 Å².